The second-order valence-electron chi connectivity index (χ2n) is 3.48. The van der Waals surface area contributed by atoms with Crippen LogP contribution < -0.4 is 10.1 Å². The molecule has 0 aliphatic heterocycles. The van der Waals surface area contributed by atoms with E-state index in [4.69, 9.17) is 21.6 Å². The van der Waals surface area contributed by atoms with Crippen molar-refractivity contribution in [2.45, 2.75) is 0 Å². The Morgan fingerprint density at radius 1 is 1.28 bits per heavy atom. The van der Waals surface area contributed by atoms with Gasteiger partial charge in [0.15, 0.2) is 5.82 Å². The summed E-state index contributed by atoms with van der Waals surface area (Å²) < 4.78 is 5.11. The molecule has 1 aromatic heterocycles. The summed E-state index contributed by atoms with van der Waals surface area (Å²) in [6, 6.07) is 10.9. The van der Waals surface area contributed by atoms with Crippen molar-refractivity contribution < 1.29 is 4.74 Å². The van der Waals surface area contributed by atoms with Crippen LogP contribution in [0.25, 0.3) is 0 Å². The van der Waals surface area contributed by atoms with Gasteiger partial charge in [-0.1, -0.05) is 11.6 Å². The van der Waals surface area contributed by atoms with E-state index in [1.807, 2.05) is 12.1 Å². The Labute approximate surface area is 110 Å². The number of ether oxygens (including phenoxy) is 1. The van der Waals surface area contributed by atoms with Crippen LogP contribution in [0, 0.1) is 11.3 Å². The molecule has 0 fully saturated rings. The number of nitrogens with one attached hydrogen (secondary N) is 1. The minimum absolute atomic E-state index is 0.370. The molecular formula is C13H10ClN3O. The Balaban J connectivity index is 2.35. The van der Waals surface area contributed by atoms with Gasteiger partial charge in [-0.3, -0.25) is 0 Å². The fourth-order valence-electron chi connectivity index (χ4n) is 1.49. The summed E-state index contributed by atoms with van der Waals surface area (Å²) in [5.74, 6) is 0.947. The lowest BCUT2D eigenvalue weighted by molar-refractivity contribution is 0.413. The van der Waals surface area contributed by atoms with Crippen LogP contribution >= 0.6 is 11.6 Å². The van der Waals surface area contributed by atoms with E-state index in [1.54, 1.807) is 24.4 Å². The zero-order chi connectivity index (χ0) is 13.0. The number of pyridine rings is 1. The van der Waals surface area contributed by atoms with Crippen molar-refractivity contribution in [2.24, 2.45) is 0 Å². The first kappa shape index (κ1) is 12.2. The normalized spacial score (nSPS) is 9.61. The van der Waals surface area contributed by atoms with E-state index < -0.39 is 0 Å². The third kappa shape index (κ3) is 2.53. The van der Waals surface area contributed by atoms with Gasteiger partial charge < -0.3 is 10.1 Å². The van der Waals surface area contributed by atoms with Gasteiger partial charge in [0.25, 0.3) is 0 Å². The van der Waals surface area contributed by atoms with Crippen molar-refractivity contribution in [1.29, 1.82) is 5.26 Å². The van der Waals surface area contributed by atoms with Crippen molar-refractivity contribution in [1.82, 2.24) is 4.98 Å². The third-order valence-corrected chi connectivity index (χ3v) is 2.60. The van der Waals surface area contributed by atoms with Crippen LogP contribution in [0.4, 0.5) is 11.5 Å². The highest BCUT2D eigenvalue weighted by atomic mass is 35.5. The van der Waals surface area contributed by atoms with Gasteiger partial charge in [0.05, 0.1) is 7.11 Å². The van der Waals surface area contributed by atoms with Crippen molar-refractivity contribution >= 4 is 23.1 Å². The van der Waals surface area contributed by atoms with Gasteiger partial charge in [-0.05, 0) is 30.3 Å². The third-order valence-electron chi connectivity index (χ3n) is 2.35. The summed E-state index contributed by atoms with van der Waals surface area (Å²) in [5.41, 5.74) is 1.17. The zero-order valence-electron chi connectivity index (χ0n) is 9.64. The number of rotatable bonds is 3. The van der Waals surface area contributed by atoms with Gasteiger partial charge in [0, 0.05) is 16.9 Å². The van der Waals surface area contributed by atoms with E-state index in [2.05, 4.69) is 16.4 Å². The van der Waals surface area contributed by atoms with Crippen LogP contribution in [-0.4, -0.2) is 12.1 Å². The van der Waals surface area contributed by atoms with Crippen LogP contribution in [0.5, 0.6) is 5.75 Å². The number of halogens is 1. The monoisotopic (exact) mass is 259 g/mol. The molecule has 2 aromatic rings. The standard InChI is InChI=1S/C13H10ClN3O/c1-18-12-6-7-16-13(11(12)8-15)17-10-4-2-9(14)3-5-10/h2-7H,1H3,(H,16,17). The van der Waals surface area contributed by atoms with Gasteiger partial charge in [-0.15, -0.1) is 0 Å². The summed E-state index contributed by atoms with van der Waals surface area (Å²) in [4.78, 5) is 4.13. The molecule has 0 saturated heterocycles. The van der Waals surface area contributed by atoms with E-state index in [0.29, 0.717) is 22.2 Å². The first-order valence-corrected chi connectivity index (χ1v) is 5.58. The minimum Gasteiger partial charge on any atom is -0.495 e. The molecule has 2 rings (SSSR count). The van der Waals surface area contributed by atoms with E-state index >= 15 is 0 Å². The molecule has 4 nitrogen and oxygen atoms in total. The van der Waals surface area contributed by atoms with Crippen molar-refractivity contribution in [2.75, 3.05) is 12.4 Å². The molecule has 90 valence electrons. The highest BCUT2D eigenvalue weighted by Crippen LogP contribution is 2.26. The number of hydrogen-bond acceptors (Lipinski definition) is 4. The van der Waals surface area contributed by atoms with Gasteiger partial charge in [0.2, 0.25) is 0 Å². The summed E-state index contributed by atoms with van der Waals surface area (Å²) in [6.07, 6.45) is 1.58. The topological polar surface area (TPSA) is 57.9 Å². The Morgan fingerprint density at radius 2 is 2.00 bits per heavy atom. The lowest BCUT2D eigenvalue weighted by Gasteiger charge is -2.09. The molecule has 0 spiro atoms. The van der Waals surface area contributed by atoms with E-state index in [9.17, 15) is 0 Å². The average molecular weight is 260 g/mol. The molecule has 0 aliphatic rings. The van der Waals surface area contributed by atoms with Crippen LogP contribution in [-0.2, 0) is 0 Å². The molecule has 1 aromatic carbocycles. The summed E-state index contributed by atoms with van der Waals surface area (Å²) >= 11 is 5.81. The van der Waals surface area contributed by atoms with E-state index in [0.717, 1.165) is 5.69 Å². The quantitative estimate of drug-likeness (QED) is 0.918. The molecule has 0 unspecified atom stereocenters. The molecule has 1 heterocycles. The molecule has 1 N–H and O–H groups in total. The average Bonchev–Trinajstić information content (AvgIpc) is 2.41. The highest BCUT2D eigenvalue weighted by molar-refractivity contribution is 6.30. The zero-order valence-corrected chi connectivity index (χ0v) is 10.4. The largest absolute Gasteiger partial charge is 0.495 e. The van der Waals surface area contributed by atoms with Gasteiger partial charge >= 0.3 is 0 Å². The van der Waals surface area contributed by atoms with Gasteiger partial charge in [-0.2, -0.15) is 5.26 Å². The number of nitrogens with zero attached hydrogens (tertiary/aromatic N) is 2. The lowest BCUT2D eigenvalue weighted by atomic mass is 10.2. The molecule has 18 heavy (non-hydrogen) atoms. The molecule has 0 amide bonds. The number of anilines is 2. The van der Waals surface area contributed by atoms with E-state index in [1.165, 1.54) is 7.11 Å². The molecule has 0 atom stereocenters. The van der Waals surface area contributed by atoms with Crippen LogP contribution in [0.1, 0.15) is 5.56 Å². The predicted molar refractivity (Wildman–Crippen MR) is 70.2 cm³/mol. The fourth-order valence-corrected chi connectivity index (χ4v) is 1.61. The second kappa shape index (κ2) is 5.39. The number of aromatic nitrogens is 1. The lowest BCUT2D eigenvalue weighted by Crippen LogP contribution is -1.99. The maximum Gasteiger partial charge on any atom is 0.152 e. The van der Waals surface area contributed by atoms with Crippen molar-refractivity contribution in [3.8, 4) is 11.8 Å². The molecule has 0 radical (unpaired) electrons. The Kier molecular flexibility index (Phi) is 3.66. The van der Waals surface area contributed by atoms with Crippen molar-refractivity contribution in [3.63, 3.8) is 0 Å². The number of benzene rings is 1. The molecule has 0 saturated carbocycles. The Hall–Kier alpha value is -2.25. The summed E-state index contributed by atoms with van der Waals surface area (Å²) in [6.45, 7) is 0. The van der Waals surface area contributed by atoms with Gasteiger partial charge in [0.1, 0.15) is 17.4 Å². The molecular weight excluding hydrogens is 250 g/mol. The maximum atomic E-state index is 9.12. The van der Waals surface area contributed by atoms with Crippen LogP contribution in [0.2, 0.25) is 5.02 Å². The maximum absolute atomic E-state index is 9.12. The number of nitriles is 1. The van der Waals surface area contributed by atoms with Crippen LogP contribution in [0.15, 0.2) is 36.5 Å². The van der Waals surface area contributed by atoms with Gasteiger partial charge in [-0.25, -0.2) is 4.98 Å². The Bertz CT molecular complexity index is 590. The number of hydrogen-bond donors (Lipinski definition) is 1. The van der Waals surface area contributed by atoms with Crippen molar-refractivity contribution in [3.05, 3.63) is 47.1 Å². The predicted octanol–water partition coefficient (Wildman–Crippen LogP) is 3.36. The fraction of sp³-hybridized carbons (Fsp3) is 0.0769. The highest BCUT2D eigenvalue weighted by Gasteiger charge is 2.09. The van der Waals surface area contributed by atoms with Crippen LogP contribution in [0.3, 0.4) is 0 Å². The number of methoxy groups -OCH3 is 1. The van der Waals surface area contributed by atoms with E-state index in [-0.39, 0.29) is 0 Å². The first-order chi connectivity index (χ1) is 8.74. The smallest absolute Gasteiger partial charge is 0.152 e. The molecule has 5 heteroatoms. The molecule has 0 aliphatic carbocycles. The molecule has 0 bridgehead atoms. The Morgan fingerprint density at radius 3 is 2.61 bits per heavy atom. The summed E-state index contributed by atoms with van der Waals surface area (Å²) in [5, 5.41) is 12.8. The SMILES string of the molecule is COc1ccnc(Nc2ccc(Cl)cc2)c1C#N. The first-order valence-electron chi connectivity index (χ1n) is 5.20. The second-order valence-corrected chi connectivity index (χ2v) is 3.92. The minimum atomic E-state index is 0.370. The summed E-state index contributed by atoms with van der Waals surface area (Å²) in [7, 11) is 1.52.